The van der Waals surface area contributed by atoms with E-state index in [0.717, 1.165) is 31.0 Å². The number of halogens is 1. The van der Waals surface area contributed by atoms with E-state index >= 15 is 0 Å². The highest BCUT2D eigenvalue weighted by Gasteiger charge is 2.13. The summed E-state index contributed by atoms with van der Waals surface area (Å²) in [5, 5.41) is 6.60. The molecule has 0 saturated carbocycles. The minimum atomic E-state index is 0. The molecule has 0 aliphatic carbocycles. The zero-order valence-electron chi connectivity index (χ0n) is 16.8. The Labute approximate surface area is 175 Å². The highest BCUT2D eigenvalue weighted by Crippen LogP contribution is 2.30. The van der Waals surface area contributed by atoms with Gasteiger partial charge < -0.3 is 24.8 Å². The van der Waals surface area contributed by atoms with Crippen molar-refractivity contribution in [3.05, 3.63) is 18.2 Å². The van der Waals surface area contributed by atoms with Crippen LogP contribution in [0.4, 0.5) is 5.69 Å². The average Bonchev–Trinajstić information content (AvgIpc) is 2.61. The Kier molecular flexibility index (Phi) is 13.3. The first-order valence-corrected chi connectivity index (χ1v) is 8.95. The quantitative estimate of drug-likeness (QED) is 0.300. The van der Waals surface area contributed by atoms with Crippen LogP contribution in [0, 0.1) is 5.92 Å². The number of nitrogens with one attached hydrogen (secondary N) is 2. The van der Waals surface area contributed by atoms with Crippen molar-refractivity contribution >= 4 is 35.6 Å². The second-order valence-corrected chi connectivity index (χ2v) is 5.95. The third-order valence-electron chi connectivity index (χ3n) is 3.80. The van der Waals surface area contributed by atoms with Gasteiger partial charge in [-0.3, -0.25) is 4.99 Å². The van der Waals surface area contributed by atoms with Crippen molar-refractivity contribution in [3.8, 4) is 11.5 Å². The van der Waals surface area contributed by atoms with Gasteiger partial charge in [0, 0.05) is 32.0 Å². The number of guanidine groups is 1. The largest absolute Gasteiger partial charge is 0.493 e. The zero-order chi connectivity index (χ0) is 18.7. The molecule has 0 heterocycles. The summed E-state index contributed by atoms with van der Waals surface area (Å²) >= 11 is 0. The fourth-order valence-corrected chi connectivity index (χ4v) is 2.49. The lowest BCUT2D eigenvalue weighted by Gasteiger charge is -2.21. The van der Waals surface area contributed by atoms with Crippen LogP contribution in [0.15, 0.2) is 23.2 Å². The predicted molar refractivity (Wildman–Crippen MR) is 119 cm³/mol. The van der Waals surface area contributed by atoms with Gasteiger partial charge in [-0.1, -0.05) is 13.8 Å². The third kappa shape index (κ3) is 8.44. The monoisotopic (exact) mass is 479 g/mol. The van der Waals surface area contributed by atoms with Gasteiger partial charge in [0.1, 0.15) is 0 Å². The molecule has 0 aromatic heterocycles. The number of ether oxygens (including phenoxy) is 3. The molecule has 0 saturated heterocycles. The van der Waals surface area contributed by atoms with Gasteiger partial charge in [0.2, 0.25) is 0 Å². The van der Waals surface area contributed by atoms with Crippen molar-refractivity contribution in [2.75, 3.05) is 39.2 Å². The van der Waals surface area contributed by atoms with Crippen LogP contribution in [-0.4, -0.2) is 46.0 Å². The van der Waals surface area contributed by atoms with E-state index < -0.39 is 0 Å². The SMILES string of the molecule is CCOc1ccc(NC(=NC)NCCC(OCC)C(C)C)cc1OC.I. The first-order chi connectivity index (χ1) is 12.0. The van der Waals surface area contributed by atoms with Crippen LogP contribution in [-0.2, 0) is 4.74 Å². The Morgan fingerprint density at radius 2 is 1.88 bits per heavy atom. The summed E-state index contributed by atoms with van der Waals surface area (Å²) in [5.41, 5.74) is 0.888. The maximum absolute atomic E-state index is 5.77. The number of anilines is 1. The van der Waals surface area contributed by atoms with E-state index in [9.17, 15) is 0 Å². The molecule has 0 spiro atoms. The van der Waals surface area contributed by atoms with Crippen molar-refractivity contribution in [2.24, 2.45) is 10.9 Å². The maximum Gasteiger partial charge on any atom is 0.195 e. The Balaban J connectivity index is 0.00000625. The second kappa shape index (κ2) is 13.9. The van der Waals surface area contributed by atoms with E-state index in [-0.39, 0.29) is 30.1 Å². The average molecular weight is 479 g/mol. The number of benzene rings is 1. The number of nitrogens with zero attached hydrogens (tertiary/aromatic N) is 1. The van der Waals surface area contributed by atoms with E-state index in [1.54, 1.807) is 14.2 Å². The normalized spacial score (nSPS) is 12.3. The highest BCUT2D eigenvalue weighted by molar-refractivity contribution is 14.0. The van der Waals surface area contributed by atoms with Crippen LogP contribution in [0.2, 0.25) is 0 Å². The zero-order valence-corrected chi connectivity index (χ0v) is 19.1. The fourth-order valence-electron chi connectivity index (χ4n) is 2.49. The van der Waals surface area contributed by atoms with Gasteiger partial charge in [-0.25, -0.2) is 0 Å². The molecule has 0 radical (unpaired) electrons. The number of rotatable bonds is 10. The summed E-state index contributed by atoms with van der Waals surface area (Å²) in [6, 6.07) is 5.73. The molecule has 2 N–H and O–H groups in total. The number of hydrogen-bond donors (Lipinski definition) is 2. The van der Waals surface area contributed by atoms with Crippen molar-refractivity contribution in [2.45, 2.75) is 40.2 Å². The van der Waals surface area contributed by atoms with Gasteiger partial charge >= 0.3 is 0 Å². The van der Waals surface area contributed by atoms with Crippen LogP contribution < -0.4 is 20.1 Å². The first kappa shape index (κ1) is 24.8. The molecule has 1 aromatic carbocycles. The minimum Gasteiger partial charge on any atom is -0.493 e. The summed E-state index contributed by atoms with van der Waals surface area (Å²) in [6.07, 6.45) is 1.18. The standard InChI is InChI=1S/C19H33N3O3.HI/c1-7-24-16(14(3)4)11-12-21-19(20-5)22-15-9-10-17(25-8-2)18(13-15)23-6;/h9-10,13-14,16H,7-8,11-12H2,1-6H3,(H2,20,21,22);1H. The second-order valence-electron chi connectivity index (χ2n) is 5.95. The molecule has 26 heavy (non-hydrogen) atoms. The lowest BCUT2D eigenvalue weighted by Crippen LogP contribution is -2.34. The molecule has 7 heteroatoms. The molecule has 1 aromatic rings. The van der Waals surface area contributed by atoms with Crippen LogP contribution in [0.1, 0.15) is 34.1 Å². The molecule has 0 aliphatic heterocycles. The number of aliphatic imine (C=N–C) groups is 1. The fraction of sp³-hybridized carbons (Fsp3) is 0.632. The Morgan fingerprint density at radius 1 is 1.15 bits per heavy atom. The number of methoxy groups -OCH3 is 1. The molecule has 150 valence electrons. The van der Waals surface area contributed by atoms with Gasteiger partial charge in [0.25, 0.3) is 0 Å². The third-order valence-corrected chi connectivity index (χ3v) is 3.80. The Bertz CT molecular complexity index is 539. The minimum absolute atomic E-state index is 0. The summed E-state index contributed by atoms with van der Waals surface area (Å²) in [5.74, 6) is 2.63. The van der Waals surface area contributed by atoms with Crippen molar-refractivity contribution in [1.82, 2.24) is 5.32 Å². The van der Waals surface area contributed by atoms with Gasteiger partial charge in [0.05, 0.1) is 19.8 Å². The first-order valence-electron chi connectivity index (χ1n) is 8.95. The van der Waals surface area contributed by atoms with Gasteiger partial charge in [0.15, 0.2) is 17.5 Å². The van der Waals surface area contributed by atoms with E-state index in [0.29, 0.717) is 24.2 Å². The van der Waals surface area contributed by atoms with E-state index in [1.165, 1.54) is 0 Å². The van der Waals surface area contributed by atoms with Crippen molar-refractivity contribution in [3.63, 3.8) is 0 Å². The molecule has 0 amide bonds. The highest BCUT2D eigenvalue weighted by atomic mass is 127. The van der Waals surface area contributed by atoms with Crippen molar-refractivity contribution in [1.29, 1.82) is 0 Å². The summed E-state index contributed by atoms with van der Waals surface area (Å²) < 4.78 is 16.7. The summed E-state index contributed by atoms with van der Waals surface area (Å²) in [6.45, 7) is 10.5. The van der Waals surface area contributed by atoms with E-state index in [1.807, 2.05) is 32.0 Å². The molecule has 0 aliphatic rings. The Hall–Kier alpha value is -1.22. The summed E-state index contributed by atoms with van der Waals surface area (Å²) in [7, 11) is 3.39. The predicted octanol–water partition coefficient (Wildman–Crippen LogP) is 4.15. The molecule has 1 rings (SSSR count). The molecule has 1 unspecified atom stereocenters. The molecule has 0 bridgehead atoms. The Morgan fingerprint density at radius 3 is 2.42 bits per heavy atom. The van der Waals surface area contributed by atoms with Crippen molar-refractivity contribution < 1.29 is 14.2 Å². The molecule has 1 atom stereocenters. The van der Waals surface area contributed by atoms with E-state index in [4.69, 9.17) is 14.2 Å². The van der Waals surface area contributed by atoms with Gasteiger partial charge in [-0.15, -0.1) is 24.0 Å². The van der Waals surface area contributed by atoms with Crippen LogP contribution >= 0.6 is 24.0 Å². The van der Waals surface area contributed by atoms with Crippen LogP contribution in [0.25, 0.3) is 0 Å². The lowest BCUT2D eigenvalue weighted by atomic mass is 10.0. The number of hydrogen-bond acceptors (Lipinski definition) is 4. The summed E-state index contributed by atoms with van der Waals surface area (Å²) in [4.78, 5) is 4.27. The molecular formula is C19H34IN3O3. The smallest absolute Gasteiger partial charge is 0.195 e. The van der Waals surface area contributed by atoms with E-state index in [2.05, 4.69) is 29.5 Å². The molecular weight excluding hydrogens is 445 g/mol. The van der Waals surface area contributed by atoms with Gasteiger partial charge in [-0.2, -0.15) is 0 Å². The van der Waals surface area contributed by atoms with Gasteiger partial charge in [-0.05, 0) is 38.3 Å². The van der Waals surface area contributed by atoms with Crippen LogP contribution in [0.5, 0.6) is 11.5 Å². The topological polar surface area (TPSA) is 64.1 Å². The lowest BCUT2D eigenvalue weighted by molar-refractivity contribution is 0.0258. The molecule has 0 fully saturated rings. The molecule has 6 nitrogen and oxygen atoms in total. The maximum atomic E-state index is 5.77. The van der Waals surface area contributed by atoms with Crippen LogP contribution in [0.3, 0.4) is 0 Å².